The fourth-order valence-electron chi connectivity index (χ4n) is 1.17. The van der Waals surface area contributed by atoms with Gasteiger partial charge >= 0.3 is 0 Å². The zero-order valence-corrected chi connectivity index (χ0v) is 7.36. The van der Waals surface area contributed by atoms with Gasteiger partial charge in [0.2, 0.25) is 0 Å². The lowest BCUT2D eigenvalue weighted by atomic mass is 10.1. The predicted octanol–water partition coefficient (Wildman–Crippen LogP) is 2.34. The average Bonchev–Trinajstić information content (AvgIpc) is 2.18. The van der Waals surface area contributed by atoms with Gasteiger partial charge in [0.15, 0.2) is 0 Å². The van der Waals surface area contributed by atoms with Gasteiger partial charge in [-0.1, -0.05) is 29.3 Å². The highest BCUT2D eigenvalue weighted by Gasteiger charge is 2.24. The summed E-state index contributed by atoms with van der Waals surface area (Å²) in [5.41, 5.74) is 0. The van der Waals surface area contributed by atoms with Crippen molar-refractivity contribution in [3.05, 3.63) is 0 Å². The predicted molar refractivity (Wildman–Crippen MR) is 42.0 cm³/mol. The maximum atomic E-state index is 5.46. The lowest BCUT2D eigenvalue weighted by Crippen LogP contribution is -2.14. The molecule has 9 heavy (non-hydrogen) atoms. The van der Waals surface area contributed by atoms with Crippen molar-refractivity contribution < 1.29 is 4.74 Å². The molecule has 0 unspecified atom stereocenters. The normalized spacial score (nSPS) is 35.3. The van der Waals surface area contributed by atoms with Crippen molar-refractivity contribution in [3.8, 4) is 0 Å². The van der Waals surface area contributed by atoms with Crippen molar-refractivity contribution >= 4 is 15.9 Å². The SMILES string of the molecule is CCC[C@@H]1OCC[C@H]1Br. The lowest BCUT2D eigenvalue weighted by Gasteiger charge is -2.10. The van der Waals surface area contributed by atoms with Crippen molar-refractivity contribution in [3.63, 3.8) is 0 Å². The Kier molecular flexibility index (Phi) is 2.99. The first kappa shape index (κ1) is 7.55. The third-order valence-electron chi connectivity index (χ3n) is 1.70. The first-order valence-corrected chi connectivity index (χ1v) is 4.52. The van der Waals surface area contributed by atoms with E-state index in [-0.39, 0.29) is 0 Å². The Hall–Kier alpha value is 0.440. The van der Waals surface area contributed by atoms with Crippen LogP contribution in [0.2, 0.25) is 0 Å². The van der Waals surface area contributed by atoms with Crippen LogP contribution >= 0.6 is 15.9 Å². The molecular weight excluding hydrogens is 180 g/mol. The van der Waals surface area contributed by atoms with Crippen LogP contribution in [-0.2, 0) is 4.74 Å². The van der Waals surface area contributed by atoms with E-state index in [2.05, 4.69) is 22.9 Å². The number of alkyl halides is 1. The highest BCUT2D eigenvalue weighted by molar-refractivity contribution is 9.09. The van der Waals surface area contributed by atoms with E-state index in [0.717, 1.165) is 6.61 Å². The molecule has 0 spiro atoms. The molecule has 0 radical (unpaired) electrons. The lowest BCUT2D eigenvalue weighted by molar-refractivity contribution is 0.106. The van der Waals surface area contributed by atoms with Gasteiger partial charge in [0, 0.05) is 11.4 Å². The van der Waals surface area contributed by atoms with Crippen LogP contribution < -0.4 is 0 Å². The Balaban J connectivity index is 2.22. The highest BCUT2D eigenvalue weighted by Crippen LogP contribution is 2.24. The molecule has 0 aliphatic carbocycles. The Bertz CT molecular complexity index is 85.0. The second kappa shape index (κ2) is 3.57. The van der Waals surface area contributed by atoms with Crippen molar-refractivity contribution in [1.29, 1.82) is 0 Å². The quantitative estimate of drug-likeness (QED) is 0.611. The average molecular weight is 193 g/mol. The summed E-state index contributed by atoms with van der Waals surface area (Å²) in [5, 5.41) is 0. The first-order valence-electron chi connectivity index (χ1n) is 3.60. The molecule has 1 rings (SSSR count). The maximum Gasteiger partial charge on any atom is 0.0700 e. The molecule has 0 aromatic heterocycles. The summed E-state index contributed by atoms with van der Waals surface area (Å²) < 4.78 is 5.46. The van der Waals surface area contributed by atoms with Crippen LogP contribution in [0.3, 0.4) is 0 Å². The third-order valence-corrected chi connectivity index (χ3v) is 2.75. The fraction of sp³-hybridized carbons (Fsp3) is 1.00. The summed E-state index contributed by atoms with van der Waals surface area (Å²) in [6.07, 6.45) is 4.11. The summed E-state index contributed by atoms with van der Waals surface area (Å²) >= 11 is 3.58. The summed E-state index contributed by atoms with van der Waals surface area (Å²) in [7, 11) is 0. The third kappa shape index (κ3) is 1.94. The molecule has 1 aliphatic heterocycles. The largest absolute Gasteiger partial charge is 0.377 e. The molecule has 2 heteroatoms. The molecule has 2 atom stereocenters. The molecular formula is C7H13BrO. The van der Waals surface area contributed by atoms with E-state index in [4.69, 9.17) is 4.74 Å². The first-order chi connectivity index (χ1) is 4.34. The van der Waals surface area contributed by atoms with Gasteiger partial charge in [0.05, 0.1) is 6.10 Å². The summed E-state index contributed by atoms with van der Waals surface area (Å²) in [6, 6.07) is 0. The summed E-state index contributed by atoms with van der Waals surface area (Å²) in [5.74, 6) is 0. The van der Waals surface area contributed by atoms with Gasteiger partial charge in [-0.25, -0.2) is 0 Å². The van der Waals surface area contributed by atoms with Crippen LogP contribution in [0.5, 0.6) is 0 Å². The fourth-order valence-corrected chi connectivity index (χ4v) is 1.77. The molecule has 1 saturated heterocycles. The molecule has 0 bridgehead atoms. The molecule has 0 amide bonds. The zero-order chi connectivity index (χ0) is 6.69. The molecule has 0 aromatic carbocycles. The Morgan fingerprint density at radius 3 is 2.89 bits per heavy atom. The number of ether oxygens (including phenoxy) is 1. The zero-order valence-electron chi connectivity index (χ0n) is 5.77. The minimum absolute atomic E-state index is 0.495. The van der Waals surface area contributed by atoms with E-state index in [9.17, 15) is 0 Å². The van der Waals surface area contributed by atoms with Crippen molar-refractivity contribution in [2.75, 3.05) is 6.61 Å². The van der Waals surface area contributed by atoms with Crippen molar-refractivity contribution in [2.24, 2.45) is 0 Å². The van der Waals surface area contributed by atoms with Crippen LogP contribution in [0.1, 0.15) is 26.2 Å². The second-order valence-electron chi connectivity index (χ2n) is 2.50. The standard InChI is InChI=1S/C7H13BrO/c1-2-3-7-6(8)4-5-9-7/h6-7H,2-5H2,1H3/t6-,7+/m1/s1. The molecule has 0 aromatic rings. The minimum Gasteiger partial charge on any atom is -0.377 e. The van der Waals surface area contributed by atoms with Gasteiger partial charge in [-0.05, 0) is 12.8 Å². The molecule has 1 fully saturated rings. The topological polar surface area (TPSA) is 9.23 Å². The molecule has 1 heterocycles. The van der Waals surface area contributed by atoms with Crippen LogP contribution in [0.25, 0.3) is 0 Å². The van der Waals surface area contributed by atoms with Crippen molar-refractivity contribution in [2.45, 2.75) is 37.1 Å². The van der Waals surface area contributed by atoms with Gasteiger partial charge in [-0.15, -0.1) is 0 Å². The number of hydrogen-bond acceptors (Lipinski definition) is 1. The number of halogens is 1. The molecule has 1 nitrogen and oxygen atoms in total. The second-order valence-corrected chi connectivity index (χ2v) is 3.68. The number of hydrogen-bond donors (Lipinski definition) is 0. The summed E-state index contributed by atoms with van der Waals surface area (Å²) in [4.78, 5) is 0.623. The van der Waals surface area contributed by atoms with E-state index >= 15 is 0 Å². The molecule has 54 valence electrons. The monoisotopic (exact) mass is 192 g/mol. The smallest absolute Gasteiger partial charge is 0.0700 e. The van der Waals surface area contributed by atoms with Crippen LogP contribution in [0.15, 0.2) is 0 Å². The van der Waals surface area contributed by atoms with Crippen LogP contribution in [0.4, 0.5) is 0 Å². The summed E-state index contributed by atoms with van der Waals surface area (Å²) in [6.45, 7) is 3.14. The van der Waals surface area contributed by atoms with Gasteiger partial charge in [-0.2, -0.15) is 0 Å². The molecule has 1 aliphatic rings. The molecule has 0 N–H and O–H groups in total. The Morgan fingerprint density at radius 1 is 1.67 bits per heavy atom. The van der Waals surface area contributed by atoms with Gasteiger partial charge in [0.25, 0.3) is 0 Å². The highest BCUT2D eigenvalue weighted by atomic mass is 79.9. The van der Waals surface area contributed by atoms with Gasteiger partial charge < -0.3 is 4.74 Å². The van der Waals surface area contributed by atoms with Crippen LogP contribution in [0, 0.1) is 0 Å². The molecule has 0 saturated carbocycles. The van der Waals surface area contributed by atoms with Gasteiger partial charge in [-0.3, -0.25) is 0 Å². The minimum atomic E-state index is 0.495. The number of rotatable bonds is 2. The van der Waals surface area contributed by atoms with Gasteiger partial charge in [0.1, 0.15) is 0 Å². The van der Waals surface area contributed by atoms with Crippen LogP contribution in [-0.4, -0.2) is 17.5 Å². The Labute approximate surface area is 64.9 Å². The van der Waals surface area contributed by atoms with E-state index in [1.54, 1.807) is 0 Å². The van der Waals surface area contributed by atoms with Crippen molar-refractivity contribution in [1.82, 2.24) is 0 Å². The van der Waals surface area contributed by atoms with E-state index in [1.165, 1.54) is 19.3 Å². The maximum absolute atomic E-state index is 5.46. The van der Waals surface area contributed by atoms with E-state index < -0.39 is 0 Å². The van der Waals surface area contributed by atoms with E-state index in [1.807, 2.05) is 0 Å². The Morgan fingerprint density at radius 2 is 2.44 bits per heavy atom. The van der Waals surface area contributed by atoms with E-state index in [0.29, 0.717) is 10.9 Å².